The molecule has 13 heteroatoms. The Morgan fingerprint density at radius 1 is 1.12 bits per heavy atom. The van der Waals surface area contributed by atoms with E-state index in [2.05, 4.69) is 21.2 Å². The van der Waals surface area contributed by atoms with Crippen LogP contribution in [0.5, 0.6) is 11.5 Å². The van der Waals surface area contributed by atoms with Gasteiger partial charge in [0.15, 0.2) is 11.5 Å². The zero-order chi connectivity index (χ0) is 29.0. The lowest BCUT2D eigenvalue weighted by molar-refractivity contribution is -0.137. The van der Waals surface area contributed by atoms with E-state index >= 15 is 0 Å². The SMILES string of the molecule is COc1cc(/C=C2\SC(=O)N(CC(=O)Nc3cccc(C(F)(F)F)c3)C2=O)cc(Cl)c1OCc1ccc(Br)cc1. The second-order valence-electron chi connectivity index (χ2n) is 8.34. The first-order chi connectivity index (χ1) is 18.9. The van der Waals surface area contributed by atoms with Crippen molar-refractivity contribution < 1.29 is 37.0 Å². The van der Waals surface area contributed by atoms with Crippen LogP contribution in [0.4, 0.5) is 23.7 Å². The predicted octanol–water partition coefficient (Wildman–Crippen LogP) is 7.38. The summed E-state index contributed by atoms with van der Waals surface area (Å²) in [5.74, 6) is -0.973. The van der Waals surface area contributed by atoms with Gasteiger partial charge in [0.1, 0.15) is 13.2 Å². The van der Waals surface area contributed by atoms with Crippen LogP contribution in [0.25, 0.3) is 6.08 Å². The zero-order valence-electron chi connectivity index (χ0n) is 20.6. The van der Waals surface area contributed by atoms with Crippen molar-refractivity contribution in [3.05, 3.63) is 91.8 Å². The van der Waals surface area contributed by atoms with Crippen LogP contribution in [-0.4, -0.2) is 35.6 Å². The van der Waals surface area contributed by atoms with E-state index in [1.54, 1.807) is 6.07 Å². The Morgan fingerprint density at radius 2 is 1.85 bits per heavy atom. The minimum atomic E-state index is -4.59. The van der Waals surface area contributed by atoms with Gasteiger partial charge in [-0.2, -0.15) is 13.2 Å². The van der Waals surface area contributed by atoms with Crippen LogP contribution < -0.4 is 14.8 Å². The number of amides is 3. The number of alkyl halides is 3. The molecule has 0 atom stereocenters. The highest BCUT2D eigenvalue weighted by Gasteiger charge is 2.36. The lowest BCUT2D eigenvalue weighted by atomic mass is 10.1. The molecule has 1 heterocycles. The molecule has 1 aliphatic rings. The van der Waals surface area contributed by atoms with Gasteiger partial charge in [0.05, 0.1) is 22.6 Å². The standard InChI is InChI=1S/C27H19BrClF3N2O5S/c1-38-21-10-16(9-20(29)24(21)39-14-15-5-7-18(28)8-6-15)11-22-25(36)34(26(37)40-22)13-23(35)33-19-4-2-3-17(12-19)27(30,31)32/h2-12H,13-14H2,1H3,(H,33,35)/b22-11-. The molecule has 0 unspecified atom stereocenters. The molecule has 0 aliphatic carbocycles. The minimum Gasteiger partial charge on any atom is -0.493 e. The lowest BCUT2D eigenvalue weighted by Gasteiger charge is -2.14. The van der Waals surface area contributed by atoms with Gasteiger partial charge < -0.3 is 14.8 Å². The second kappa shape index (κ2) is 12.4. The smallest absolute Gasteiger partial charge is 0.416 e. The van der Waals surface area contributed by atoms with Gasteiger partial charge in [-0.15, -0.1) is 0 Å². The second-order valence-corrected chi connectivity index (χ2v) is 10.7. The quantitative estimate of drug-likeness (QED) is 0.255. The number of methoxy groups -OCH3 is 1. The summed E-state index contributed by atoms with van der Waals surface area (Å²) in [5.41, 5.74) is 0.276. The largest absolute Gasteiger partial charge is 0.493 e. The molecule has 1 fully saturated rings. The van der Waals surface area contributed by atoms with Crippen molar-refractivity contribution in [2.24, 2.45) is 0 Å². The molecule has 40 heavy (non-hydrogen) atoms. The third-order valence-corrected chi connectivity index (χ3v) is 7.21. The van der Waals surface area contributed by atoms with Crippen LogP contribution in [0.3, 0.4) is 0 Å². The fourth-order valence-electron chi connectivity index (χ4n) is 3.60. The molecule has 3 aromatic rings. The average molecular weight is 656 g/mol. The summed E-state index contributed by atoms with van der Waals surface area (Å²) >= 11 is 10.4. The number of imide groups is 1. The van der Waals surface area contributed by atoms with Gasteiger partial charge in [-0.1, -0.05) is 45.7 Å². The molecule has 0 saturated carbocycles. The molecule has 0 aromatic heterocycles. The summed E-state index contributed by atoms with van der Waals surface area (Å²) in [4.78, 5) is 38.5. The van der Waals surface area contributed by atoms with Gasteiger partial charge in [0, 0.05) is 10.2 Å². The number of hydrogen-bond donors (Lipinski definition) is 1. The highest BCUT2D eigenvalue weighted by Crippen LogP contribution is 2.39. The molecule has 0 bridgehead atoms. The molecule has 0 spiro atoms. The normalized spacial score (nSPS) is 14.6. The monoisotopic (exact) mass is 654 g/mol. The molecule has 1 N–H and O–H groups in total. The maximum Gasteiger partial charge on any atom is 0.416 e. The minimum absolute atomic E-state index is 0.0264. The van der Waals surface area contributed by atoms with E-state index in [4.69, 9.17) is 21.1 Å². The zero-order valence-corrected chi connectivity index (χ0v) is 23.7. The van der Waals surface area contributed by atoms with Crippen molar-refractivity contribution >= 4 is 68.1 Å². The topological polar surface area (TPSA) is 84.9 Å². The Kier molecular flexibility index (Phi) is 9.12. The number of hydrogen-bond acceptors (Lipinski definition) is 6. The van der Waals surface area contributed by atoms with Crippen LogP contribution >= 0.6 is 39.3 Å². The van der Waals surface area contributed by atoms with E-state index in [0.717, 1.165) is 28.2 Å². The van der Waals surface area contributed by atoms with Crippen LogP contribution in [0, 0.1) is 0 Å². The molecule has 3 amide bonds. The van der Waals surface area contributed by atoms with Crippen molar-refractivity contribution in [2.75, 3.05) is 19.0 Å². The third kappa shape index (κ3) is 7.18. The van der Waals surface area contributed by atoms with Gasteiger partial charge >= 0.3 is 6.18 Å². The summed E-state index contributed by atoms with van der Waals surface area (Å²) in [6.45, 7) is -0.449. The summed E-state index contributed by atoms with van der Waals surface area (Å²) in [7, 11) is 1.43. The number of carbonyl (C=O) groups excluding carboxylic acids is 3. The van der Waals surface area contributed by atoms with Crippen molar-refractivity contribution in [2.45, 2.75) is 12.8 Å². The van der Waals surface area contributed by atoms with Crippen molar-refractivity contribution in [3.8, 4) is 11.5 Å². The first-order valence-electron chi connectivity index (χ1n) is 11.4. The highest BCUT2D eigenvalue weighted by atomic mass is 79.9. The lowest BCUT2D eigenvalue weighted by Crippen LogP contribution is -2.36. The first-order valence-corrected chi connectivity index (χ1v) is 13.4. The van der Waals surface area contributed by atoms with Gasteiger partial charge in [-0.3, -0.25) is 19.3 Å². The maximum absolute atomic E-state index is 12.9. The van der Waals surface area contributed by atoms with Crippen molar-refractivity contribution in [3.63, 3.8) is 0 Å². The molecule has 4 rings (SSSR count). The number of nitrogens with one attached hydrogen (secondary N) is 1. The summed E-state index contributed by atoms with van der Waals surface area (Å²) in [6, 6.07) is 14.7. The summed E-state index contributed by atoms with van der Waals surface area (Å²) in [5, 5.41) is 1.78. The molecule has 3 aromatic carbocycles. The van der Waals surface area contributed by atoms with Crippen LogP contribution in [0.2, 0.25) is 5.02 Å². The average Bonchev–Trinajstić information content (AvgIpc) is 3.15. The molecule has 1 aliphatic heterocycles. The van der Waals surface area contributed by atoms with Crippen molar-refractivity contribution in [1.29, 1.82) is 0 Å². The van der Waals surface area contributed by atoms with E-state index < -0.39 is 35.3 Å². The van der Waals surface area contributed by atoms with E-state index in [1.165, 1.54) is 25.3 Å². The molecular formula is C27H19BrClF3N2O5S. The van der Waals surface area contributed by atoms with Crippen LogP contribution in [-0.2, 0) is 22.4 Å². The van der Waals surface area contributed by atoms with Gasteiger partial charge in [-0.05, 0) is 71.4 Å². The van der Waals surface area contributed by atoms with Gasteiger partial charge in [-0.25, -0.2) is 0 Å². The Morgan fingerprint density at radius 3 is 2.52 bits per heavy atom. The molecular weight excluding hydrogens is 637 g/mol. The number of ether oxygens (including phenoxy) is 2. The Labute approximate surface area is 244 Å². The fraction of sp³-hybridized carbons (Fsp3) is 0.148. The number of rotatable bonds is 8. The highest BCUT2D eigenvalue weighted by molar-refractivity contribution is 9.10. The Bertz CT molecular complexity index is 1500. The number of thioether (sulfide) groups is 1. The van der Waals surface area contributed by atoms with Crippen molar-refractivity contribution in [1.82, 2.24) is 4.90 Å². The number of carbonyl (C=O) groups is 3. The van der Waals surface area contributed by atoms with Gasteiger partial charge in [0.25, 0.3) is 11.1 Å². The molecule has 208 valence electrons. The number of halogens is 5. The van der Waals surface area contributed by atoms with E-state index in [0.29, 0.717) is 33.7 Å². The van der Waals surface area contributed by atoms with Crippen LogP contribution in [0.15, 0.2) is 70.0 Å². The molecule has 1 saturated heterocycles. The van der Waals surface area contributed by atoms with E-state index in [1.807, 2.05) is 24.3 Å². The maximum atomic E-state index is 12.9. The van der Waals surface area contributed by atoms with Gasteiger partial charge in [0.2, 0.25) is 5.91 Å². The number of anilines is 1. The number of benzene rings is 3. The van der Waals surface area contributed by atoms with E-state index in [-0.39, 0.29) is 22.2 Å². The first kappa shape index (κ1) is 29.5. The fourth-order valence-corrected chi connectivity index (χ4v) is 4.98. The van der Waals surface area contributed by atoms with E-state index in [9.17, 15) is 27.6 Å². The predicted molar refractivity (Wildman–Crippen MR) is 149 cm³/mol. The molecule has 0 radical (unpaired) electrons. The Balaban J connectivity index is 1.45. The molecule has 7 nitrogen and oxygen atoms in total. The number of nitrogens with zero attached hydrogens (tertiary/aromatic N) is 1. The third-order valence-electron chi connectivity index (χ3n) is 5.49. The summed E-state index contributed by atoms with van der Waals surface area (Å²) in [6.07, 6.45) is -3.17. The Hall–Kier alpha value is -3.48. The summed E-state index contributed by atoms with van der Waals surface area (Å²) < 4.78 is 51.0. The van der Waals surface area contributed by atoms with Crippen LogP contribution in [0.1, 0.15) is 16.7 Å².